The van der Waals surface area contributed by atoms with Crippen LogP contribution in [-0.2, 0) is 21.2 Å². The highest BCUT2D eigenvalue weighted by atomic mass is 32.2. The summed E-state index contributed by atoms with van der Waals surface area (Å²) in [6.45, 7) is 3.00. The molecule has 0 heterocycles. The van der Waals surface area contributed by atoms with Gasteiger partial charge in [-0.25, -0.2) is 13.6 Å². The largest absolute Gasteiger partial charge is 0.355 e. The Hall–Kier alpha value is -1.44. The number of carbonyl (C=O) groups excluding carboxylic acids is 1. The molecule has 0 saturated heterocycles. The minimum Gasteiger partial charge on any atom is -0.355 e. The van der Waals surface area contributed by atoms with Gasteiger partial charge in [-0.3, -0.25) is 4.79 Å². The summed E-state index contributed by atoms with van der Waals surface area (Å²) in [5.41, 5.74) is 0.943. The molecule has 1 aromatic rings. The van der Waals surface area contributed by atoms with E-state index in [-0.39, 0.29) is 16.7 Å². The van der Waals surface area contributed by atoms with Gasteiger partial charge in [-0.05, 0) is 31.2 Å². The van der Waals surface area contributed by atoms with Crippen molar-refractivity contribution >= 4 is 15.9 Å². The van der Waals surface area contributed by atoms with E-state index < -0.39 is 10.0 Å². The topological polar surface area (TPSA) is 101 Å². The Morgan fingerprint density at radius 1 is 1.30 bits per heavy atom. The molecular weight excluding hydrogens is 278 g/mol. The molecule has 7 heteroatoms. The smallest absolute Gasteiger partial charge is 0.238 e. The molecule has 1 unspecified atom stereocenters. The van der Waals surface area contributed by atoms with Gasteiger partial charge in [0.1, 0.15) is 0 Å². The zero-order chi connectivity index (χ0) is 15.2. The zero-order valence-electron chi connectivity index (χ0n) is 11.7. The summed E-state index contributed by atoms with van der Waals surface area (Å²) < 4.78 is 22.2. The lowest BCUT2D eigenvalue weighted by molar-refractivity contribution is -0.124. The number of carbonyl (C=O) groups is 1. The number of sulfonamides is 1. The molecule has 1 amide bonds. The molecule has 0 saturated carbocycles. The number of rotatable bonds is 7. The normalized spacial score (nSPS) is 12.9. The number of primary sulfonamides is 1. The molecule has 6 nitrogen and oxygen atoms in total. The molecule has 20 heavy (non-hydrogen) atoms. The lowest BCUT2D eigenvalue weighted by Crippen LogP contribution is -2.35. The monoisotopic (exact) mass is 299 g/mol. The quantitative estimate of drug-likeness (QED) is 0.651. The first kappa shape index (κ1) is 16.6. The van der Waals surface area contributed by atoms with Crippen LogP contribution < -0.4 is 15.8 Å². The van der Waals surface area contributed by atoms with Gasteiger partial charge in [0.05, 0.1) is 4.90 Å². The van der Waals surface area contributed by atoms with Gasteiger partial charge in [0.15, 0.2) is 0 Å². The molecular formula is C13H21N3O3S. The molecule has 1 atom stereocenters. The van der Waals surface area contributed by atoms with Crippen LogP contribution in [0.1, 0.15) is 12.5 Å². The van der Waals surface area contributed by atoms with Gasteiger partial charge in [-0.2, -0.15) is 0 Å². The molecule has 0 aromatic heterocycles. The van der Waals surface area contributed by atoms with Crippen LogP contribution in [0.3, 0.4) is 0 Å². The molecule has 1 aromatic carbocycles. The van der Waals surface area contributed by atoms with E-state index in [9.17, 15) is 13.2 Å². The number of amides is 1. The minimum atomic E-state index is -3.65. The first-order chi connectivity index (χ1) is 9.34. The van der Waals surface area contributed by atoms with Gasteiger partial charge in [-0.1, -0.05) is 19.1 Å². The van der Waals surface area contributed by atoms with Crippen molar-refractivity contribution in [3.8, 4) is 0 Å². The average Bonchev–Trinajstić information content (AvgIpc) is 2.38. The molecule has 0 spiro atoms. The molecule has 112 valence electrons. The summed E-state index contributed by atoms with van der Waals surface area (Å²) in [4.78, 5) is 11.8. The van der Waals surface area contributed by atoms with Crippen molar-refractivity contribution in [1.29, 1.82) is 0 Å². The molecule has 0 aliphatic carbocycles. The van der Waals surface area contributed by atoms with Gasteiger partial charge in [0.2, 0.25) is 15.9 Å². The van der Waals surface area contributed by atoms with Gasteiger partial charge in [-0.15, -0.1) is 0 Å². The Morgan fingerprint density at radius 2 is 1.90 bits per heavy atom. The first-order valence-electron chi connectivity index (χ1n) is 6.38. The molecule has 0 fully saturated rings. The van der Waals surface area contributed by atoms with Crippen LogP contribution >= 0.6 is 0 Å². The lowest BCUT2D eigenvalue weighted by atomic mass is 10.1. The van der Waals surface area contributed by atoms with Crippen molar-refractivity contribution in [3.05, 3.63) is 29.8 Å². The number of benzene rings is 1. The molecule has 4 N–H and O–H groups in total. The van der Waals surface area contributed by atoms with Crippen LogP contribution in [-0.4, -0.2) is 34.5 Å². The average molecular weight is 299 g/mol. The Balaban J connectivity index is 2.45. The van der Waals surface area contributed by atoms with Gasteiger partial charge in [0, 0.05) is 19.0 Å². The Bertz CT molecular complexity index is 540. The number of nitrogens with one attached hydrogen (secondary N) is 2. The Labute approximate surface area is 119 Å². The molecule has 0 radical (unpaired) electrons. The molecule has 0 bridgehead atoms. The Morgan fingerprint density at radius 3 is 2.40 bits per heavy atom. The fourth-order valence-electron chi connectivity index (χ4n) is 1.75. The van der Waals surface area contributed by atoms with E-state index in [0.717, 1.165) is 5.56 Å². The minimum absolute atomic E-state index is 0.000469. The van der Waals surface area contributed by atoms with Crippen molar-refractivity contribution < 1.29 is 13.2 Å². The van der Waals surface area contributed by atoms with E-state index in [4.69, 9.17) is 5.14 Å². The Kier molecular flexibility index (Phi) is 6.12. The molecule has 1 rings (SSSR count). The fraction of sp³-hybridized carbons (Fsp3) is 0.462. The predicted octanol–water partition coefficient (Wildman–Crippen LogP) is -0.152. The van der Waals surface area contributed by atoms with Crippen molar-refractivity contribution in [2.24, 2.45) is 11.1 Å². The van der Waals surface area contributed by atoms with Crippen molar-refractivity contribution in [3.63, 3.8) is 0 Å². The van der Waals surface area contributed by atoms with E-state index >= 15 is 0 Å². The van der Waals surface area contributed by atoms with Crippen molar-refractivity contribution in [1.82, 2.24) is 10.6 Å². The maximum Gasteiger partial charge on any atom is 0.238 e. The van der Waals surface area contributed by atoms with Crippen LogP contribution in [0, 0.1) is 5.92 Å². The van der Waals surface area contributed by atoms with Gasteiger partial charge < -0.3 is 10.6 Å². The van der Waals surface area contributed by atoms with Gasteiger partial charge in [0.25, 0.3) is 0 Å². The van der Waals surface area contributed by atoms with Crippen molar-refractivity contribution in [2.75, 3.05) is 20.1 Å². The third-order valence-electron chi connectivity index (χ3n) is 2.92. The summed E-state index contributed by atoms with van der Waals surface area (Å²) in [5, 5.41) is 10.8. The maximum absolute atomic E-state index is 11.7. The second-order valence-corrected chi connectivity index (χ2v) is 6.25. The number of hydrogen-bond donors (Lipinski definition) is 3. The second kappa shape index (κ2) is 7.37. The van der Waals surface area contributed by atoms with Crippen molar-refractivity contribution in [2.45, 2.75) is 18.2 Å². The fourth-order valence-corrected chi connectivity index (χ4v) is 2.26. The number of hydrogen-bond acceptors (Lipinski definition) is 4. The maximum atomic E-state index is 11.7. The van der Waals surface area contributed by atoms with E-state index in [1.165, 1.54) is 12.1 Å². The highest BCUT2D eigenvalue weighted by Gasteiger charge is 2.11. The summed E-state index contributed by atoms with van der Waals surface area (Å²) in [5.74, 6) is -0.0785. The summed E-state index contributed by atoms with van der Waals surface area (Å²) >= 11 is 0. The third kappa shape index (κ3) is 5.28. The summed E-state index contributed by atoms with van der Waals surface area (Å²) in [6.07, 6.45) is 0.642. The summed E-state index contributed by atoms with van der Waals surface area (Å²) in [7, 11) is -1.85. The highest BCUT2D eigenvalue weighted by Crippen LogP contribution is 2.08. The standard InChI is InChI=1S/C13H21N3O3S/c1-10(9-15-2)13(17)16-8-7-11-3-5-12(6-4-11)20(14,18)19/h3-6,10,15H,7-9H2,1-2H3,(H,16,17)(H2,14,18,19). The third-order valence-corrected chi connectivity index (χ3v) is 3.85. The lowest BCUT2D eigenvalue weighted by Gasteiger charge is -2.11. The molecule has 0 aliphatic rings. The predicted molar refractivity (Wildman–Crippen MR) is 77.6 cm³/mol. The van der Waals surface area contributed by atoms with Crippen LogP contribution in [0.15, 0.2) is 29.2 Å². The number of nitrogens with two attached hydrogens (primary N) is 1. The highest BCUT2D eigenvalue weighted by molar-refractivity contribution is 7.89. The van der Waals surface area contributed by atoms with Crippen LogP contribution in [0.5, 0.6) is 0 Å². The van der Waals surface area contributed by atoms with Crippen LogP contribution in [0.25, 0.3) is 0 Å². The van der Waals surface area contributed by atoms with E-state index in [1.54, 1.807) is 19.2 Å². The van der Waals surface area contributed by atoms with E-state index in [1.807, 2.05) is 6.92 Å². The van der Waals surface area contributed by atoms with Crippen LogP contribution in [0.2, 0.25) is 0 Å². The van der Waals surface area contributed by atoms with E-state index in [2.05, 4.69) is 10.6 Å². The second-order valence-electron chi connectivity index (χ2n) is 4.69. The van der Waals surface area contributed by atoms with E-state index in [0.29, 0.717) is 19.5 Å². The summed E-state index contributed by atoms with van der Waals surface area (Å²) in [6, 6.07) is 6.33. The first-order valence-corrected chi connectivity index (χ1v) is 7.93. The zero-order valence-corrected chi connectivity index (χ0v) is 12.5. The van der Waals surface area contributed by atoms with Gasteiger partial charge >= 0.3 is 0 Å². The molecule has 0 aliphatic heterocycles. The van der Waals surface area contributed by atoms with Crippen LogP contribution in [0.4, 0.5) is 0 Å². The SMILES string of the molecule is CNCC(C)C(=O)NCCc1ccc(S(N)(=O)=O)cc1.